The van der Waals surface area contributed by atoms with E-state index in [0.29, 0.717) is 30.0 Å². The van der Waals surface area contributed by atoms with E-state index < -0.39 is 17.9 Å². The molecule has 4 aliphatic heterocycles. The summed E-state index contributed by atoms with van der Waals surface area (Å²) in [4.78, 5) is 76.9. The number of para-hydroxylation sites is 2. The highest BCUT2D eigenvalue weighted by Gasteiger charge is 2.41. The Labute approximate surface area is 362 Å². The zero-order chi connectivity index (χ0) is 44.0. The van der Waals surface area contributed by atoms with Gasteiger partial charge in [-0.15, -0.1) is 0 Å². The number of methoxy groups -OCH3 is 4. The molecule has 8 rings (SSSR count). The van der Waals surface area contributed by atoms with Crippen LogP contribution < -0.4 is 24.2 Å². The van der Waals surface area contributed by atoms with Crippen LogP contribution in [0.5, 0.6) is 11.5 Å². The van der Waals surface area contributed by atoms with Crippen molar-refractivity contribution < 1.29 is 52.8 Å². The molecule has 0 aromatic heterocycles. The minimum Gasteiger partial charge on any atom is -0.496 e. The predicted molar refractivity (Wildman–Crippen MR) is 234 cm³/mol. The van der Waals surface area contributed by atoms with Gasteiger partial charge in [0.15, 0.2) is 0 Å². The van der Waals surface area contributed by atoms with Gasteiger partial charge < -0.3 is 38.8 Å². The van der Waals surface area contributed by atoms with Crippen LogP contribution in [0.1, 0.15) is 88.1 Å². The summed E-state index contributed by atoms with van der Waals surface area (Å²) >= 11 is 0. The molecular formula is C48H55N3O11. The standard InChI is InChI=1S/C23H24N2O5.C19H19NO2.C5H8O4.CH4/c1-14-10-19-17(12-20(14)29-2)23(28)25-16(11-15-6-4-5-7-18(15)25)13-24(19)21(26)8-9-22(27)30-3;1-12-9-13-7-8-15-10-14-5-3-4-6-17(14)20(15)19(21)16(13)11-18(12)22-2;1-9-5(8)3-2-4(6)7;/h4-7,10,12,16H,8-9,11,13H2,1-3H3;3-6,9,11,15H,7-8,10H2,1-2H3;2-3H2,1H3,(H,6,7);1H4/t16-;15-;;/m01../s1. The minimum absolute atomic E-state index is 0. The van der Waals surface area contributed by atoms with Gasteiger partial charge in [-0.1, -0.05) is 49.9 Å². The summed E-state index contributed by atoms with van der Waals surface area (Å²) in [5.74, 6) is -0.778. The van der Waals surface area contributed by atoms with E-state index in [4.69, 9.17) is 14.6 Å². The number of hydrogen-bond acceptors (Lipinski definition) is 10. The van der Waals surface area contributed by atoms with Crippen molar-refractivity contribution in [2.45, 2.75) is 84.7 Å². The third-order valence-electron chi connectivity index (χ3n) is 11.4. The lowest BCUT2D eigenvalue weighted by Gasteiger charge is -2.27. The Bertz CT molecular complexity index is 2360. The fourth-order valence-electron chi connectivity index (χ4n) is 8.39. The zero-order valence-corrected chi connectivity index (χ0v) is 35.3. The highest BCUT2D eigenvalue weighted by atomic mass is 16.5. The van der Waals surface area contributed by atoms with Crippen molar-refractivity contribution in [1.29, 1.82) is 0 Å². The van der Waals surface area contributed by atoms with E-state index in [1.807, 2.05) is 61.2 Å². The average Bonchev–Trinajstić information content (AvgIpc) is 3.76. The molecule has 14 nitrogen and oxygen atoms in total. The van der Waals surface area contributed by atoms with Gasteiger partial charge in [0.2, 0.25) is 5.91 Å². The van der Waals surface area contributed by atoms with Crippen LogP contribution in [-0.2, 0) is 47.9 Å². The van der Waals surface area contributed by atoms with Crippen LogP contribution in [-0.4, -0.2) is 87.8 Å². The highest BCUT2D eigenvalue weighted by molar-refractivity contribution is 6.15. The second-order valence-corrected chi connectivity index (χ2v) is 15.2. The molecule has 62 heavy (non-hydrogen) atoms. The number of hydrogen-bond donors (Lipinski definition) is 1. The van der Waals surface area contributed by atoms with Crippen molar-refractivity contribution >= 4 is 52.7 Å². The van der Waals surface area contributed by atoms with Crippen LogP contribution >= 0.6 is 0 Å². The first-order valence-electron chi connectivity index (χ1n) is 20.1. The number of carboxylic acid groups (broad SMARTS) is 1. The number of carboxylic acids is 1. The van der Waals surface area contributed by atoms with E-state index in [-0.39, 0.29) is 62.9 Å². The topological polar surface area (TPSA) is 169 Å². The van der Waals surface area contributed by atoms with Gasteiger partial charge in [0, 0.05) is 35.9 Å². The lowest BCUT2D eigenvalue weighted by atomic mass is 9.98. The summed E-state index contributed by atoms with van der Waals surface area (Å²) in [5.41, 5.74) is 9.16. The Kier molecular flexibility index (Phi) is 15.1. The third-order valence-corrected chi connectivity index (χ3v) is 11.4. The summed E-state index contributed by atoms with van der Waals surface area (Å²) in [6.45, 7) is 4.27. The van der Waals surface area contributed by atoms with Gasteiger partial charge in [-0.3, -0.25) is 28.8 Å². The van der Waals surface area contributed by atoms with Crippen molar-refractivity contribution in [3.05, 3.63) is 112 Å². The number of anilines is 3. The number of benzene rings is 4. The molecule has 328 valence electrons. The van der Waals surface area contributed by atoms with Gasteiger partial charge in [-0.25, -0.2) is 0 Å². The van der Waals surface area contributed by atoms with Crippen LogP contribution in [0.15, 0.2) is 72.8 Å². The van der Waals surface area contributed by atoms with Gasteiger partial charge in [0.25, 0.3) is 11.8 Å². The number of ether oxygens (including phenoxy) is 4. The minimum atomic E-state index is -0.986. The molecule has 4 aliphatic rings. The van der Waals surface area contributed by atoms with E-state index in [1.165, 1.54) is 19.8 Å². The molecule has 4 heterocycles. The van der Waals surface area contributed by atoms with E-state index in [2.05, 4.69) is 33.7 Å². The van der Waals surface area contributed by atoms with Crippen LogP contribution in [0.2, 0.25) is 0 Å². The Morgan fingerprint density at radius 1 is 0.629 bits per heavy atom. The number of nitrogens with zero attached hydrogens (tertiary/aromatic N) is 3. The van der Waals surface area contributed by atoms with Crippen LogP contribution in [0.4, 0.5) is 17.1 Å². The van der Waals surface area contributed by atoms with E-state index in [1.54, 1.807) is 30.1 Å². The Hall–Kier alpha value is -6.70. The maximum atomic E-state index is 13.6. The second-order valence-electron chi connectivity index (χ2n) is 15.2. The Morgan fingerprint density at radius 2 is 1.13 bits per heavy atom. The number of aryl methyl sites for hydroxylation is 3. The molecule has 0 saturated heterocycles. The Balaban J connectivity index is 0.000000199. The smallest absolute Gasteiger partial charge is 0.306 e. The summed E-state index contributed by atoms with van der Waals surface area (Å²) in [5, 5.41) is 8.05. The first kappa shape index (κ1) is 46.4. The molecule has 0 bridgehead atoms. The van der Waals surface area contributed by atoms with Crippen molar-refractivity contribution in [2.24, 2.45) is 0 Å². The molecule has 3 amide bonds. The van der Waals surface area contributed by atoms with Crippen molar-refractivity contribution in [1.82, 2.24) is 0 Å². The normalized spacial score (nSPS) is 16.3. The van der Waals surface area contributed by atoms with E-state index in [9.17, 15) is 28.8 Å². The molecule has 0 saturated carbocycles. The molecule has 0 spiro atoms. The molecule has 14 heteroatoms. The van der Waals surface area contributed by atoms with Crippen LogP contribution in [0, 0.1) is 13.8 Å². The SMILES string of the molecule is C.COC(=O)CCC(=O)N1C[C@@H]2Cc3ccccc3N2C(=O)c2cc(OC)c(C)cc21.COC(=O)CCC(=O)O.COc1cc2c(cc1C)CC[C@@H]1Cc3ccccc3N1C2=O. The lowest BCUT2D eigenvalue weighted by molar-refractivity contribution is -0.145. The zero-order valence-electron chi connectivity index (χ0n) is 35.3. The lowest BCUT2D eigenvalue weighted by Crippen LogP contribution is -2.44. The van der Waals surface area contributed by atoms with E-state index in [0.717, 1.165) is 64.2 Å². The van der Waals surface area contributed by atoms with Gasteiger partial charge in [0.1, 0.15) is 11.5 Å². The number of aliphatic carboxylic acids is 1. The molecule has 0 unspecified atom stereocenters. The number of carbonyl (C=O) groups excluding carboxylic acids is 5. The molecule has 4 aromatic carbocycles. The van der Waals surface area contributed by atoms with Gasteiger partial charge in [-0.05, 0) is 97.7 Å². The molecule has 4 aromatic rings. The molecule has 0 fully saturated rings. The third kappa shape index (κ3) is 9.75. The van der Waals surface area contributed by atoms with Crippen LogP contribution in [0.25, 0.3) is 0 Å². The first-order chi connectivity index (χ1) is 29.3. The van der Waals surface area contributed by atoms with Gasteiger partial charge in [-0.2, -0.15) is 0 Å². The van der Waals surface area contributed by atoms with Crippen molar-refractivity contribution in [3.8, 4) is 11.5 Å². The maximum absolute atomic E-state index is 13.6. The fraction of sp³-hybridized carbons (Fsp3) is 0.375. The van der Waals surface area contributed by atoms with Crippen molar-refractivity contribution in [2.75, 3.05) is 49.7 Å². The molecule has 2 atom stereocenters. The largest absolute Gasteiger partial charge is 0.496 e. The summed E-state index contributed by atoms with van der Waals surface area (Å²) in [7, 11) is 5.74. The summed E-state index contributed by atoms with van der Waals surface area (Å²) in [6, 6.07) is 23.7. The number of esters is 2. The van der Waals surface area contributed by atoms with Crippen molar-refractivity contribution in [3.63, 3.8) is 0 Å². The molecular weight excluding hydrogens is 795 g/mol. The van der Waals surface area contributed by atoms with Crippen LogP contribution in [0.3, 0.4) is 0 Å². The molecule has 0 aliphatic carbocycles. The highest BCUT2D eigenvalue weighted by Crippen LogP contribution is 2.41. The predicted octanol–water partition coefficient (Wildman–Crippen LogP) is 7.06. The maximum Gasteiger partial charge on any atom is 0.306 e. The second kappa shape index (κ2) is 20.2. The van der Waals surface area contributed by atoms with Gasteiger partial charge in [0.05, 0.1) is 65.0 Å². The number of fused-ring (bicyclic) bond motifs is 8. The monoisotopic (exact) mass is 849 g/mol. The summed E-state index contributed by atoms with van der Waals surface area (Å²) < 4.78 is 19.7. The molecule has 0 radical (unpaired) electrons. The fourth-order valence-corrected chi connectivity index (χ4v) is 8.39. The van der Waals surface area contributed by atoms with Gasteiger partial charge >= 0.3 is 17.9 Å². The number of amides is 3. The first-order valence-corrected chi connectivity index (χ1v) is 20.1. The number of carbonyl (C=O) groups is 6. The number of rotatable bonds is 8. The quantitative estimate of drug-likeness (QED) is 0.180. The molecule has 1 N–H and O–H groups in total. The van der Waals surface area contributed by atoms with E-state index >= 15 is 0 Å². The summed E-state index contributed by atoms with van der Waals surface area (Å²) in [6.07, 6.45) is 3.40. The Morgan fingerprint density at radius 3 is 1.69 bits per heavy atom. The average molecular weight is 850 g/mol.